The predicted octanol–water partition coefficient (Wildman–Crippen LogP) is 6.01. The second-order valence-electron chi connectivity index (χ2n) is 10.2. The summed E-state index contributed by atoms with van der Waals surface area (Å²) >= 11 is 0. The van der Waals surface area contributed by atoms with Crippen molar-refractivity contribution in [1.82, 2.24) is 10.3 Å². The average molecular weight is 481 g/mol. The Morgan fingerprint density at radius 2 is 1.85 bits per heavy atom. The van der Waals surface area contributed by atoms with Crippen molar-refractivity contribution in [3.8, 4) is 0 Å². The molecule has 2 aromatic rings. The summed E-state index contributed by atoms with van der Waals surface area (Å²) < 4.78 is 19.2. The van der Waals surface area contributed by atoms with Crippen molar-refractivity contribution in [1.29, 1.82) is 0 Å². The molecule has 1 aromatic heterocycles. The maximum absolute atomic E-state index is 13.6. The van der Waals surface area contributed by atoms with Crippen LogP contribution in [0.5, 0.6) is 0 Å². The summed E-state index contributed by atoms with van der Waals surface area (Å²) in [6.07, 6.45) is 5.79. The Kier molecular flexibility index (Phi) is 9.77. The molecule has 7 heteroatoms. The highest BCUT2D eigenvalue weighted by Crippen LogP contribution is 2.38. The number of carbonyl (C=O) groups excluding carboxylic acids is 2. The lowest BCUT2D eigenvalue weighted by Gasteiger charge is -2.36. The molecular formula is C26H38ClFN2O3. The molecular weight excluding hydrogens is 443 g/mol. The molecule has 1 fully saturated rings. The summed E-state index contributed by atoms with van der Waals surface area (Å²) in [5, 5.41) is 3.76. The van der Waals surface area contributed by atoms with Gasteiger partial charge in [-0.25, -0.2) is 4.39 Å². The number of hydrogen-bond acceptors (Lipinski definition) is 3. The normalized spacial score (nSPS) is 18.6. The van der Waals surface area contributed by atoms with Gasteiger partial charge in [0.15, 0.2) is 0 Å². The van der Waals surface area contributed by atoms with Gasteiger partial charge in [0.1, 0.15) is 11.9 Å². The molecule has 2 N–H and O–H groups in total. The summed E-state index contributed by atoms with van der Waals surface area (Å²) in [4.78, 5) is 27.5. The Labute approximate surface area is 202 Å². The number of rotatable bonds is 8. The lowest BCUT2D eigenvalue weighted by molar-refractivity contribution is -0.151. The number of H-pyrrole nitrogens is 1. The Morgan fingerprint density at radius 1 is 1.15 bits per heavy atom. The molecule has 3 rings (SSSR count). The number of benzene rings is 1. The second kappa shape index (κ2) is 11.9. The van der Waals surface area contributed by atoms with Crippen molar-refractivity contribution in [2.75, 3.05) is 6.54 Å². The molecule has 184 valence electrons. The number of aromatic amines is 1. The SMILES string of the molecule is Cc1[nH]c2ccc(F)cc2c1CCNC(=O)CCCC(=O)OC1CCC(C(C)(C)C)CC1.Cl. The fourth-order valence-electron chi connectivity index (χ4n) is 4.78. The third-order valence-electron chi connectivity index (χ3n) is 6.76. The van der Waals surface area contributed by atoms with Crippen LogP contribution in [0.2, 0.25) is 0 Å². The van der Waals surface area contributed by atoms with Crippen LogP contribution in [0.3, 0.4) is 0 Å². The van der Waals surface area contributed by atoms with Crippen molar-refractivity contribution in [2.24, 2.45) is 11.3 Å². The van der Waals surface area contributed by atoms with Crippen LogP contribution in [-0.4, -0.2) is 29.5 Å². The fraction of sp³-hybridized carbons (Fsp3) is 0.615. The molecule has 1 aliphatic rings. The number of halogens is 2. The lowest BCUT2D eigenvalue weighted by Crippen LogP contribution is -2.30. The van der Waals surface area contributed by atoms with E-state index in [9.17, 15) is 14.0 Å². The van der Waals surface area contributed by atoms with E-state index in [-0.39, 0.29) is 42.6 Å². The summed E-state index contributed by atoms with van der Waals surface area (Å²) in [5.74, 6) is 0.143. The van der Waals surface area contributed by atoms with Gasteiger partial charge in [-0.15, -0.1) is 12.4 Å². The van der Waals surface area contributed by atoms with Crippen molar-refractivity contribution in [3.63, 3.8) is 0 Å². The third-order valence-corrected chi connectivity index (χ3v) is 6.76. The van der Waals surface area contributed by atoms with Gasteiger partial charge in [-0.1, -0.05) is 20.8 Å². The highest BCUT2D eigenvalue weighted by atomic mass is 35.5. The van der Waals surface area contributed by atoms with E-state index >= 15 is 0 Å². The van der Waals surface area contributed by atoms with Crippen LogP contribution < -0.4 is 5.32 Å². The zero-order valence-electron chi connectivity index (χ0n) is 20.3. The van der Waals surface area contributed by atoms with E-state index in [2.05, 4.69) is 31.1 Å². The van der Waals surface area contributed by atoms with Crippen molar-refractivity contribution < 1.29 is 18.7 Å². The Balaban J connectivity index is 0.00000385. The smallest absolute Gasteiger partial charge is 0.306 e. The average Bonchev–Trinajstić information content (AvgIpc) is 3.02. The van der Waals surface area contributed by atoms with E-state index in [4.69, 9.17) is 4.74 Å². The molecule has 5 nitrogen and oxygen atoms in total. The third kappa shape index (κ3) is 7.73. The van der Waals surface area contributed by atoms with Crippen LogP contribution in [0.1, 0.15) is 77.0 Å². The monoisotopic (exact) mass is 480 g/mol. The van der Waals surface area contributed by atoms with Crippen molar-refractivity contribution in [3.05, 3.63) is 35.3 Å². The minimum absolute atomic E-state index is 0. The zero-order chi connectivity index (χ0) is 23.3. The standard InChI is InChI=1S/C26H37FN2O3.ClH/c1-17-21(22-16-19(27)10-13-23(22)29-17)14-15-28-24(30)6-5-7-25(31)32-20-11-8-18(9-12-20)26(2,3)4;/h10,13,16,18,20,29H,5-9,11-12,14-15H2,1-4H3,(H,28,30);1H. The number of amides is 1. The number of carbonyl (C=O) groups is 2. The van der Waals surface area contributed by atoms with Gasteiger partial charge < -0.3 is 15.0 Å². The van der Waals surface area contributed by atoms with Gasteiger partial charge in [0, 0.05) is 36.0 Å². The maximum Gasteiger partial charge on any atom is 0.306 e. The van der Waals surface area contributed by atoms with Gasteiger partial charge in [-0.2, -0.15) is 0 Å². The number of hydrogen-bond donors (Lipinski definition) is 2. The van der Waals surface area contributed by atoms with Gasteiger partial charge in [-0.3, -0.25) is 9.59 Å². The first-order chi connectivity index (χ1) is 15.1. The molecule has 1 heterocycles. The van der Waals surface area contributed by atoms with Crippen LogP contribution in [0.4, 0.5) is 4.39 Å². The minimum Gasteiger partial charge on any atom is -0.462 e. The molecule has 0 unspecified atom stereocenters. The van der Waals surface area contributed by atoms with Crippen LogP contribution in [0, 0.1) is 24.1 Å². The number of aromatic nitrogens is 1. The fourth-order valence-corrected chi connectivity index (χ4v) is 4.78. The Bertz CT molecular complexity index is 943. The summed E-state index contributed by atoms with van der Waals surface area (Å²) in [6.45, 7) is 9.25. The van der Waals surface area contributed by atoms with Crippen molar-refractivity contribution >= 4 is 35.2 Å². The summed E-state index contributed by atoms with van der Waals surface area (Å²) in [7, 11) is 0. The van der Waals surface area contributed by atoms with Gasteiger partial charge in [0.05, 0.1) is 0 Å². The Hall–Kier alpha value is -2.08. The molecule has 1 aliphatic carbocycles. The quantitative estimate of drug-likeness (QED) is 0.454. The van der Waals surface area contributed by atoms with E-state index in [1.165, 1.54) is 12.1 Å². The molecule has 0 saturated heterocycles. The number of fused-ring (bicyclic) bond motifs is 1. The number of esters is 1. The molecule has 33 heavy (non-hydrogen) atoms. The highest BCUT2D eigenvalue weighted by molar-refractivity contribution is 5.85. The maximum atomic E-state index is 13.6. The van der Waals surface area contributed by atoms with Gasteiger partial charge in [0.2, 0.25) is 5.91 Å². The van der Waals surface area contributed by atoms with E-state index in [1.54, 1.807) is 6.07 Å². The molecule has 0 radical (unpaired) electrons. The first-order valence-corrected chi connectivity index (χ1v) is 11.9. The van der Waals surface area contributed by atoms with Gasteiger partial charge >= 0.3 is 5.97 Å². The number of ether oxygens (including phenoxy) is 1. The van der Waals surface area contributed by atoms with Gasteiger partial charge in [-0.05, 0) is 80.5 Å². The van der Waals surface area contributed by atoms with E-state index in [1.807, 2.05) is 6.92 Å². The topological polar surface area (TPSA) is 71.2 Å². The van der Waals surface area contributed by atoms with Gasteiger partial charge in [0.25, 0.3) is 0 Å². The molecule has 1 saturated carbocycles. The number of nitrogens with one attached hydrogen (secondary N) is 2. The molecule has 1 aromatic carbocycles. The second-order valence-corrected chi connectivity index (χ2v) is 10.2. The van der Waals surface area contributed by atoms with E-state index in [0.29, 0.717) is 37.1 Å². The Morgan fingerprint density at radius 3 is 2.52 bits per heavy atom. The molecule has 0 aliphatic heterocycles. The first kappa shape index (κ1) is 27.2. The van der Waals surface area contributed by atoms with Crippen LogP contribution in [-0.2, 0) is 20.7 Å². The largest absolute Gasteiger partial charge is 0.462 e. The summed E-state index contributed by atoms with van der Waals surface area (Å²) in [6, 6.07) is 4.69. The van der Waals surface area contributed by atoms with E-state index < -0.39 is 0 Å². The predicted molar refractivity (Wildman–Crippen MR) is 132 cm³/mol. The first-order valence-electron chi connectivity index (χ1n) is 11.9. The number of aryl methyl sites for hydroxylation is 1. The van der Waals surface area contributed by atoms with Crippen LogP contribution in [0.25, 0.3) is 10.9 Å². The zero-order valence-corrected chi connectivity index (χ0v) is 21.1. The van der Waals surface area contributed by atoms with Crippen LogP contribution in [0.15, 0.2) is 18.2 Å². The summed E-state index contributed by atoms with van der Waals surface area (Å²) in [5.41, 5.74) is 3.21. The molecule has 0 bridgehead atoms. The van der Waals surface area contributed by atoms with Crippen LogP contribution >= 0.6 is 12.4 Å². The van der Waals surface area contributed by atoms with Crippen molar-refractivity contribution in [2.45, 2.75) is 85.2 Å². The van der Waals surface area contributed by atoms with E-state index in [0.717, 1.165) is 47.8 Å². The highest BCUT2D eigenvalue weighted by Gasteiger charge is 2.31. The minimum atomic E-state index is -0.268. The molecule has 0 atom stereocenters. The molecule has 1 amide bonds. The molecule has 0 spiro atoms. The lowest BCUT2D eigenvalue weighted by atomic mass is 9.72.